The van der Waals surface area contributed by atoms with E-state index >= 15 is 0 Å². The molecular weight excluding hydrogens is 411 g/mol. The third-order valence-corrected chi connectivity index (χ3v) is 7.65. The van der Waals surface area contributed by atoms with E-state index in [2.05, 4.69) is 28.8 Å². The van der Waals surface area contributed by atoms with Crippen LogP contribution in [0.1, 0.15) is 18.4 Å². The number of aromatic nitrogens is 1. The molecule has 0 aliphatic carbocycles. The molecule has 0 unspecified atom stereocenters. The monoisotopic (exact) mass is 432 g/mol. The van der Waals surface area contributed by atoms with E-state index in [1.807, 2.05) is 24.5 Å². The second-order valence-electron chi connectivity index (χ2n) is 7.38. The molecule has 0 N–H and O–H groups in total. The molecule has 4 rings (SSSR count). The SMILES string of the molecule is O=S(=O)(c1ccc(F)c(Cl)c1)N1CCC(Cc2ccc(-n3cccc3)cc2)CC1. The highest BCUT2D eigenvalue weighted by Gasteiger charge is 2.29. The summed E-state index contributed by atoms with van der Waals surface area (Å²) >= 11 is 5.76. The van der Waals surface area contributed by atoms with E-state index in [1.54, 1.807) is 0 Å². The summed E-state index contributed by atoms with van der Waals surface area (Å²) in [6.07, 6.45) is 6.56. The molecule has 0 radical (unpaired) electrons. The summed E-state index contributed by atoms with van der Waals surface area (Å²) < 4.78 is 42.5. The van der Waals surface area contributed by atoms with Crippen molar-refractivity contribution in [3.63, 3.8) is 0 Å². The molecule has 0 spiro atoms. The minimum absolute atomic E-state index is 0.0444. The van der Waals surface area contributed by atoms with E-state index < -0.39 is 15.8 Å². The molecule has 1 aliphatic heterocycles. The van der Waals surface area contributed by atoms with Crippen molar-refractivity contribution in [3.05, 3.63) is 83.4 Å². The van der Waals surface area contributed by atoms with E-state index in [4.69, 9.17) is 11.6 Å². The van der Waals surface area contributed by atoms with Crippen LogP contribution in [0.15, 0.2) is 71.9 Å². The lowest BCUT2D eigenvalue weighted by Gasteiger charge is -2.31. The predicted molar refractivity (Wildman–Crippen MR) is 112 cm³/mol. The lowest BCUT2D eigenvalue weighted by atomic mass is 9.91. The zero-order valence-electron chi connectivity index (χ0n) is 15.8. The van der Waals surface area contributed by atoms with Crippen molar-refractivity contribution < 1.29 is 12.8 Å². The molecule has 1 saturated heterocycles. The standard InChI is InChI=1S/C22H22ClFN2O2S/c23-21-16-20(7-8-22(21)24)29(27,28)26-13-9-18(10-14-26)15-17-3-5-19(6-4-17)25-11-1-2-12-25/h1-8,11-12,16,18H,9-10,13-15H2. The fraction of sp³-hybridized carbons (Fsp3) is 0.273. The van der Waals surface area contributed by atoms with Crippen molar-refractivity contribution in [1.82, 2.24) is 8.87 Å². The van der Waals surface area contributed by atoms with E-state index in [9.17, 15) is 12.8 Å². The van der Waals surface area contributed by atoms with Crippen LogP contribution in [-0.4, -0.2) is 30.4 Å². The Bertz CT molecular complexity index is 1070. The quantitative estimate of drug-likeness (QED) is 0.574. The Labute approximate surface area is 175 Å². The van der Waals surface area contributed by atoms with Gasteiger partial charge in [-0.2, -0.15) is 4.31 Å². The van der Waals surface area contributed by atoms with Crippen molar-refractivity contribution in [2.75, 3.05) is 13.1 Å². The molecule has 1 fully saturated rings. The van der Waals surface area contributed by atoms with Gasteiger partial charge in [-0.05, 0) is 73.2 Å². The maximum absolute atomic E-state index is 13.4. The maximum Gasteiger partial charge on any atom is 0.243 e. The first-order valence-corrected chi connectivity index (χ1v) is 11.4. The van der Waals surface area contributed by atoms with Crippen molar-refractivity contribution in [1.29, 1.82) is 0 Å². The van der Waals surface area contributed by atoms with Crippen molar-refractivity contribution in [3.8, 4) is 5.69 Å². The lowest BCUT2D eigenvalue weighted by molar-refractivity contribution is 0.273. The van der Waals surface area contributed by atoms with Gasteiger partial charge in [0.05, 0.1) is 9.92 Å². The number of hydrogen-bond donors (Lipinski definition) is 0. The predicted octanol–water partition coefficient (Wildman–Crippen LogP) is 4.91. The molecule has 1 aliphatic rings. The fourth-order valence-electron chi connectivity index (χ4n) is 3.78. The molecule has 0 atom stereocenters. The average molecular weight is 433 g/mol. The minimum Gasteiger partial charge on any atom is -0.324 e. The summed E-state index contributed by atoms with van der Waals surface area (Å²) in [5, 5.41) is -0.177. The van der Waals surface area contributed by atoms with Gasteiger partial charge in [0, 0.05) is 31.2 Å². The van der Waals surface area contributed by atoms with Gasteiger partial charge in [0.25, 0.3) is 0 Å². The second-order valence-corrected chi connectivity index (χ2v) is 9.73. The van der Waals surface area contributed by atoms with Crippen LogP contribution in [0.5, 0.6) is 0 Å². The van der Waals surface area contributed by atoms with Crippen LogP contribution in [0.25, 0.3) is 5.69 Å². The van der Waals surface area contributed by atoms with E-state index in [0.717, 1.165) is 31.0 Å². The van der Waals surface area contributed by atoms with Crippen LogP contribution in [0, 0.1) is 11.7 Å². The zero-order valence-corrected chi connectivity index (χ0v) is 17.4. The number of hydrogen-bond acceptors (Lipinski definition) is 2. The number of benzene rings is 2. The summed E-state index contributed by atoms with van der Waals surface area (Å²) in [4.78, 5) is 0.0444. The summed E-state index contributed by atoms with van der Waals surface area (Å²) in [6.45, 7) is 0.924. The summed E-state index contributed by atoms with van der Waals surface area (Å²) in [5.41, 5.74) is 2.38. The zero-order chi connectivity index (χ0) is 20.4. The summed E-state index contributed by atoms with van der Waals surface area (Å²) in [6, 6.07) is 16.0. The van der Waals surface area contributed by atoms with Crippen molar-refractivity contribution in [2.45, 2.75) is 24.2 Å². The number of sulfonamides is 1. The average Bonchev–Trinajstić information content (AvgIpc) is 3.26. The normalized spacial score (nSPS) is 16.2. The Morgan fingerprint density at radius 1 is 1.00 bits per heavy atom. The third kappa shape index (κ3) is 4.39. The highest BCUT2D eigenvalue weighted by atomic mass is 35.5. The van der Waals surface area contributed by atoms with Crippen LogP contribution in [0.4, 0.5) is 4.39 Å². The highest BCUT2D eigenvalue weighted by Crippen LogP contribution is 2.28. The fourth-order valence-corrected chi connectivity index (χ4v) is 5.53. The molecular formula is C22H22ClFN2O2S. The van der Waals surface area contributed by atoms with Gasteiger partial charge in [-0.15, -0.1) is 0 Å². The van der Waals surface area contributed by atoms with Gasteiger partial charge >= 0.3 is 0 Å². The molecule has 152 valence electrons. The number of nitrogens with zero attached hydrogens (tertiary/aromatic N) is 2. The largest absolute Gasteiger partial charge is 0.324 e. The molecule has 0 saturated carbocycles. The van der Waals surface area contributed by atoms with Crippen molar-refractivity contribution >= 4 is 21.6 Å². The van der Waals surface area contributed by atoms with E-state index in [-0.39, 0.29) is 9.92 Å². The molecule has 2 heterocycles. The minimum atomic E-state index is -3.65. The molecule has 3 aromatic rings. The first-order chi connectivity index (χ1) is 13.9. The van der Waals surface area contributed by atoms with Gasteiger partial charge in [0.1, 0.15) is 5.82 Å². The van der Waals surface area contributed by atoms with Gasteiger partial charge in [0.2, 0.25) is 10.0 Å². The number of rotatable bonds is 5. The van der Waals surface area contributed by atoms with Gasteiger partial charge in [-0.1, -0.05) is 23.7 Å². The molecule has 4 nitrogen and oxygen atoms in total. The highest BCUT2D eigenvalue weighted by molar-refractivity contribution is 7.89. The van der Waals surface area contributed by atoms with Crippen molar-refractivity contribution in [2.24, 2.45) is 5.92 Å². The first-order valence-electron chi connectivity index (χ1n) is 9.61. The van der Waals surface area contributed by atoms with Crippen LogP contribution in [-0.2, 0) is 16.4 Å². The number of halogens is 2. The lowest BCUT2D eigenvalue weighted by Crippen LogP contribution is -2.38. The summed E-state index contributed by atoms with van der Waals surface area (Å²) in [7, 11) is -3.65. The number of piperidine rings is 1. The van der Waals surface area contributed by atoms with E-state index in [0.29, 0.717) is 19.0 Å². The Morgan fingerprint density at radius 3 is 2.28 bits per heavy atom. The Morgan fingerprint density at radius 2 is 1.66 bits per heavy atom. The molecule has 29 heavy (non-hydrogen) atoms. The molecule has 1 aromatic heterocycles. The van der Waals surface area contributed by atoms with Crippen LogP contribution in [0.2, 0.25) is 5.02 Å². The Hall–Kier alpha value is -2.15. The molecule has 0 amide bonds. The van der Waals surface area contributed by atoms with E-state index in [1.165, 1.54) is 22.0 Å². The van der Waals surface area contributed by atoms with Gasteiger partial charge in [-0.25, -0.2) is 12.8 Å². The van der Waals surface area contributed by atoms with Crippen LogP contribution >= 0.6 is 11.6 Å². The topological polar surface area (TPSA) is 42.3 Å². The van der Waals surface area contributed by atoms with Gasteiger partial charge in [0.15, 0.2) is 0 Å². The van der Waals surface area contributed by atoms with Crippen LogP contribution < -0.4 is 0 Å². The Kier molecular flexibility index (Phi) is 5.76. The van der Waals surface area contributed by atoms with Gasteiger partial charge in [-0.3, -0.25) is 0 Å². The maximum atomic E-state index is 13.4. The first kappa shape index (κ1) is 20.1. The van der Waals surface area contributed by atoms with Gasteiger partial charge < -0.3 is 4.57 Å². The molecule has 2 aromatic carbocycles. The second kappa shape index (κ2) is 8.30. The van der Waals surface area contributed by atoms with Crippen LogP contribution in [0.3, 0.4) is 0 Å². The Balaban J connectivity index is 1.37. The summed E-state index contributed by atoms with van der Waals surface area (Å²) in [5.74, 6) is -0.178. The molecule has 7 heteroatoms. The smallest absolute Gasteiger partial charge is 0.243 e. The molecule has 0 bridgehead atoms. The third-order valence-electron chi connectivity index (χ3n) is 5.47.